The second kappa shape index (κ2) is 7.32. The third-order valence-corrected chi connectivity index (χ3v) is 6.55. The number of ether oxygens (including phenoxy) is 1. The number of nitrogens with zero attached hydrogens (tertiary/aromatic N) is 2. The maximum atomic E-state index is 10.3. The Balaban J connectivity index is 1.45. The topological polar surface area (TPSA) is 55.2 Å². The molecule has 1 aliphatic rings. The van der Waals surface area contributed by atoms with Gasteiger partial charge in [-0.3, -0.25) is 0 Å². The summed E-state index contributed by atoms with van der Waals surface area (Å²) >= 11 is 3.41. The van der Waals surface area contributed by atoms with Gasteiger partial charge in [-0.05, 0) is 43.9 Å². The molecule has 0 saturated heterocycles. The smallest absolute Gasteiger partial charge is 0.128 e. The Hall–Kier alpha value is -1.63. The Morgan fingerprint density at radius 2 is 2.08 bits per heavy atom. The minimum Gasteiger partial charge on any atom is -0.491 e. The Bertz CT molecular complexity index is 880. The van der Waals surface area contributed by atoms with E-state index >= 15 is 0 Å². The third-order valence-electron chi connectivity index (χ3n) is 4.24. The predicted octanol–water partition coefficient (Wildman–Crippen LogP) is 4.02. The number of aliphatic hydroxyl groups is 1. The number of hydrogen-bond donors (Lipinski definition) is 1. The van der Waals surface area contributed by atoms with Crippen molar-refractivity contribution >= 4 is 33.3 Å². The fraction of sp³-hybridized carbons (Fsp3) is 0.368. The van der Waals surface area contributed by atoms with E-state index in [1.807, 2.05) is 37.3 Å². The maximum Gasteiger partial charge on any atom is 0.128 e. The van der Waals surface area contributed by atoms with Crippen LogP contribution in [0.4, 0.5) is 0 Å². The number of benzene rings is 1. The predicted molar refractivity (Wildman–Crippen MR) is 103 cm³/mol. The standard InChI is InChI=1S/C19H20N2O2S2/c1-12-20-18(17-15-8-5-9-16(15)25-19(17)21-12)24-11-13(22)10-23-14-6-3-2-4-7-14/h2-4,6-7,13,22H,5,8-11H2,1H3/t13-/m0/s1. The second-order valence-corrected chi connectivity index (χ2v) is 8.29. The van der Waals surface area contributed by atoms with E-state index in [4.69, 9.17) is 4.74 Å². The number of aromatic nitrogens is 2. The molecule has 4 nitrogen and oxygen atoms in total. The highest BCUT2D eigenvalue weighted by Crippen LogP contribution is 2.40. The molecule has 1 N–H and O–H groups in total. The van der Waals surface area contributed by atoms with Crippen LogP contribution in [0.5, 0.6) is 5.75 Å². The summed E-state index contributed by atoms with van der Waals surface area (Å²) in [5.74, 6) is 2.13. The minimum atomic E-state index is -0.540. The van der Waals surface area contributed by atoms with Gasteiger partial charge in [-0.15, -0.1) is 23.1 Å². The van der Waals surface area contributed by atoms with Gasteiger partial charge in [0.15, 0.2) is 0 Å². The van der Waals surface area contributed by atoms with E-state index in [0.29, 0.717) is 5.75 Å². The third kappa shape index (κ3) is 3.66. The Labute approximate surface area is 155 Å². The van der Waals surface area contributed by atoms with Gasteiger partial charge in [0.1, 0.15) is 28.0 Å². The normalized spacial score (nSPS) is 14.6. The molecule has 2 heterocycles. The van der Waals surface area contributed by atoms with Crippen LogP contribution in [-0.2, 0) is 12.8 Å². The summed E-state index contributed by atoms with van der Waals surface area (Å²) in [5.41, 5.74) is 1.43. The van der Waals surface area contributed by atoms with Crippen LogP contribution in [0.25, 0.3) is 10.2 Å². The van der Waals surface area contributed by atoms with Crippen LogP contribution in [0, 0.1) is 6.92 Å². The van der Waals surface area contributed by atoms with Gasteiger partial charge >= 0.3 is 0 Å². The van der Waals surface area contributed by atoms with Gasteiger partial charge in [0.05, 0.1) is 6.10 Å². The number of aryl methyl sites for hydroxylation is 3. The fourth-order valence-electron chi connectivity index (χ4n) is 3.10. The lowest BCUT2D eigenvalue weighted by Gasteiger charge is -2.12. The van der Waals surface area contributed by atoms with Crippen LogP contribution in [0.3, 0.4) is 0 Å². The maximum absolute atomic E-state index is 10.3. The molecule has 0 fully saturated rings. The molecule has 1 aliphatic carbocycles. The molecule has 0 aliphatic heterocycles. The van der Waals surface area contributed by atoms with Gasteiger partial charge in [0.25, 0.3) is 0 Å². The number of rotatable bonds is 6. The van der Waals surface area contributed by atoms with Crippen molar-refractivity contribution in [3.05, 3.63) is 46.6 Å². The summed E-state index contributed by atoms with van der Waals surface area (Å²) in [6.07, 6.45) is 2.97. The van der Waals surface area contributed by atoms with Gasteiger partial charge < -0.3 is 9.84 Å². The zero-order chi connectivity index (χ0) is 17.2. The van der Waals surface area contributed by atoms with Gasteiger partial charge in [-0.25, -0.2) is 9.97 Å². The molecule has 0 radical (unpaired) electrons. The molecule has 0 amide bonds. The monoisotopic (exact) mass is 372 g/mol. The first-order valence-electron chi connectivity index (χ1n) is 8.48. The molecule has 0 spiro atoms. The van der Waals surface area contributed by atoms with Crippen LogP contribution in [0.1, 0.15) is 22.7 Å². The molecule has 4 rings (SSSR count). The van der Waals surface area contributed by atoms with Crippen LogP contribution in [0.2, 0.25) is 0 Å². The molecule has 25 heavy (non-hydrogen) atoms. The van der Waals surface area contributed by atoms with Crippen molar-refractivity contribution in [1.29, 1.82) is 0 Å². The molecule has 1 atom stereocenters. The van der Waals surface area contributed by atoms with Crippen LogP contribution in [0.15, 0.2) is 35.4 Å². The summed E-state index contributed by atoms with van der Waals surface area (Å²) in [5, 5.41) is 12.5. The number of hydrogen-bond acceptors (Lipinski definition) is 6. The average molecular weight is 373 g/mol. The van der Waals surface area contributed by atoms with E-state index in [-0.39, 0.29) is 6.61 Å². The first kappa shape index (κ1) is 16.8. The lowest BCUT2D eigenvalue weighted by Crippen LogP contribution is -2.20. The quantitative estimate of drug-likeness (QED) is 0.523. The Morgan fingerprint density at radius 1 is 1.24 bits per heavy atom. The zero-order valence-electron chi connectivity index (χ0n) is 14.1. The molecule has 2 aromatic heterocycles. The second-order valence-electron chi connectivity index (χ2n) is 6.20. The molecule has 130 valence electrons. The number of fused-ring (bicyclic) bond motifs is 3. The van der Waals surface area contributed by atoms with E-state index in [1.54, 1.807) is 23.1 Å². The number of thioether (sulfide) groups is 1. The van der Waals surface area contributed by atoms with Crippen LogP contribution >= 0.6 is 23.1 Å². The summed E-state index contributed by atoms with van der Waals surface area (Å²) in [6, 6.07) is 9.58. The number of thiophene rings is 1. The summed E-state index contributed by atoms with van der Waals surface area (Å²) < 4.78 is 5.63. The van der Waals surface area contributed by atoms with Crippen molar-refractivity contribution in [1.82, 2.24) is 9.97 Å². The van der Waals surface area contributed by atoms with Crippen molar-refractivity contribution < 1.29 is 9.84 Å². The minimum absolute atomic E-state index is 0.284. The lowest BCUT2D eigenvalue weighted by molar-refractivity contribution is 0.126. The molecular formula is C19H20N2O2S2. The highest BCUT2D eigenvalue weighted by atomic mass is 32.2. The van der Waals surface area contributed by atoms with E-state index in [1.165, 1.54) is 22.2 Å². The Morgan fingerprint density at radius 3 is 2.92 bits per heavy atom. The first-order valence-corrected chi connectivity index (χ1v) is 10.3. The van der Waals surface area contributed by atoms with Crippen LogP contribution in [-0.4, -0.2) is 33.5 Å². The number of para-hydroxylation sites is 1. The van der Waals surface area contributed by atoms with Crippen molar-refractivity contribution in [2.75, 3.05) is 12.4 Å². The highest BCUT2D eigenvalue weighted by Gasteiger charge is 2.22. The van der Waals surface area contributed by atoms with Crippen molar-refractivity contribution in [2.24, 2.45) is 0 Å². The highest BCUT2D eigenvalue weighted by molar-refractivity contribution is 7.99. The fourth-order valence-corrected chi connectivity index (χ4v) is 5.48. The van der Waals surface area contributed by atoms with Gasteiger partial charge in [0.2, 0.25) is 0 Å². The summed E-state index contributed by atoms with van der Waals surface area (Å²) in [7, 11) is 0. The van der Waals surface area contributed by atoms with E-state index < -0.39 is 6.10 Å². The average Bonchev–Trinajstić information content (AvgIpc) is 3.19. The van der Waals surface area contributed by atoms with E-state index in [9.17, 15) is 5.11 Å². The summed E-state index contributed by atoms with van der Waals surface area (Å²) in [6.45, 7) is 2.22. The van der Waals surface area contributed by atoms with Gasteiger partial charge in [-0.1, -0.05) is 18.2 Å². The molecular weight excluding hydrogens is 352 g/mol. The molecule has 0 bridgehead atoms. The van der Waals surface area contributed by atoms with E-state index in [2.05, 4.69) is 9.97 Å². The van der Waals surface area contributed by atoms with Crippen LogP contribution < -0.4 is 4.74 Å². The molecule has 6 heteroatoms. The number of aliphatic hydroxyl groups excluding tert-OH is 1. The van der Waals surface area contributed by atoms with E-state index in [0.717, 1.165) is 34.3 Å². The molecule has 3 aromatic rings. The largest absolute Gasteiger partial charge is 0.491 e. The lowest BCUT2D eigenvalue weighted by atomic mass is 10.2. The van der Waals surface area contributed by atoms with Gasteiger partial charge in [0, 0.05) is 16.0 Å². The molecule has 0 unspecified atom stereocenters. The van der Waals surface area contributed by atoms with Crippen molar-refractivity contribution in [3.63, 3.8) is 0 Å². The SMILES string of the molecule is Cc1nc(SC[C@@H](O)COc2ccccc2)c2c3c(sc2n1)CCC3. The van der Waals surface area contributed by atoms with Crippen molar-refractivity contribution in [2.45, 2.75) is 37.3 Å². The zero-order valence-corrected chi connectivity index (χ0v) is 15.7. The molecule has 0 saturated carbocycles. The summed E-state index contributed by atoms with van der Waals surface area (Å²) in [4.78, 5) is 11.8. The molecule has 1 aromatic carbocycles. The Kier molecular flexibility index (Phi) is 4.92. The van der Waals surface area contributed by atoms with Crippen molar-refractivity contribution in [3.8, 4) is 5.75 Å². The van der Waals surface area contributed by atoms with Gasteiger partial charge in [-0.2, -0.15) is 0 Å². The first-order chi connectivity index (χ1) is 12.2.